The van der Waals surface area contributed by atoms with Gasteiger partial charge in [-0.15, -0.1) is 0 Å². The van der Waals surface area contributed by atoms with Crippen molar-refractivity contribution in [1.29, 1.82) is 0 Å². The summed E-state index contributed by atoms with van der Waals surface area (Å²) in [5.74, 6) is 0. The lowest BCUT2D eigenvalue weighted by atomic mass is 9.94. The molecule has 1 heterocycles. The third-order valence-corrected chi connectivity index (χ3v) is 3.96. The monoisotopic (exact) mass is 237 g/mol. The summed E-state index contributed by atoms with van der Waals surface area (Å²) in [5.41, 5.74) is 8.19. The number of aryl methyl sites for hydroxylation is 2. The van der Waals surface area contributed by atoms with Crippen LogP contribution in [0.25, 0.3) is 11.1 Å². The molecule has 0 bridgehead atoms. The van der Waals surface area contributed by atoms with Crippen LogP contribution in [0.1, 0.15) is 23.1 Å². The van der Waals surface area contributed by atoms with Crippen molar-refractivity contribution in [1.82, 2.24) is 0 Å². The summed E-state index contributed by atoms with van der Waals surface area (Å²) in [6.45, 7) is 5.48. The van der Waals surface area contributed by atoms with E-state index in [0.717, 1.165) is 6.54 Å². The Kier molecular flexibility index (Phi) is 2.83. The summed E-state index contributed by atoms with van der Waals surface area (Å²) in [5, 5.41) is 3.51. The molecule has 0 fully saturated rings. The second-order valence-electron chi connectivity index (χ2n) is 5.15. The van der Waals surface area contributed by atoms with Gasteiger partial charge >= 0.3 is 0 Å². The zero-order valence-corrected chi connectivity index (χ0v) is 11.1. The first-order valence-corrected chi connectivity index (χ1v) is 6.69. The summed E-state index contributed by atoms with van der Waals surface area (Å²) in [7, 11) is 0. The normalized spacial score (nSPS) is 13.9. The van der Waals surface area contributed by atoms with Crippen LogP contribution in [0.3, 0.4) is 0 Å². The van der Waals surface area contributed by atoms with E-state index in [4.69, 9.17) is 0 Å². The highest BCUT2D eigenvalue weighted by Gasteiger charge is 2.10. The number of anilines is 1. The van der Waals surface area contributed by atoms with Crippen molar-refractivity contribution in [3.63, 3.8) is 0 Å². The van der Waals surface area contributed by atoms with Crippen LogP contribution in [0.2, 0.25) is 0 Å². The average molecular weight is 237 g/mol. The van der Waals surface area contributed by atoms with E-state index in [-0.39, 0.29) is 0 Å². The molecule has 0 atom stereocenters. The highest BCUT2D eigenvalue weighted by Crippen LogP contribution is 2.31. The zero-order chi connectivity index (χ0) is 12.5. The van der Waals surface area contributed by atoms with Crippen LogP contribution in [-0.4, -0.2) is 6.54 Å². The number of rotatable bonds is 1. The van der Waals surface area contributed by atoms with E-state index in [1.807, 2.05) is 0 Å². The van der Waals surface area contributed by atoms with Gasteiger partial charge in [0.2, 0.25) is 0 Å². The molecule has 1 aliphatic rings. The molecule has 1 nitrogen and oxygen atoms in total. The molecular formula is C17H19N. The summed E-state index contributed by atoms with van der Waals surface area (Å²) in [4.78, 5) is 0. The fourth-order valence-corrected chi connectivity index (χ4v) is 2.69. The van der Waals surface area contributed by atoms with Crippen molar-refractivity contribution in [2.45, 2.75) is 26.7 Å². The van der Waals surface area contributed by atoms with Crippen LogP contribution < -0.4 is 5.32 Å². The van der Waals surface area contributed by atoms with Gasteiger partial charge in [0.25, 0.3) is 0 Å². The van der Waals surface area contributed by atoms with Crippen molar-refractivity contribution in [3.05, 3.63) is 53.1 Å². The molecule has 0 amide bonds. The smallest absolute Gasteiger partial charge is 0.0378 e. The lowest BCUT2D eigenvalue weighted by Gasteiger charge is -2.19. The molecule has 3 rings (SSSR count). The largest absolute Gasteiger partial charge is 0.385 e. The van der Waals surface area contributed by atoms with Gasteiger partial charge in [-0.3, -0.25) is 0 Å². The van der Waals surface area contributed by atoms with E-state index < -0.39 is 0 Å². The number of hydrogen-bond donors (Lipinski definition) is 1. The Bertz CT molecular complexity index is 584. The molecule has 0 saturated heterocycles. The van der Waals surface area contributed by atoms with Gasteiger partial charge < -0.3 is 5.32 Å². The number of hydrogen-bond acceptors (Lipinski definition) is 1. The molecular weight excluding hydrogens is 218 g/mol. The summed E-state index contributed by atoms with van der Waals surface area (Å²) >= 11 is 0. The molecule has 0 aromatic heterocycles. The van der Waals surface area contributed by atoms with Gasteiger partial charge in [0.05, 0.1) is 0 Å². The Morgan fingerprint density at radius 1 is 1.06 bits per heavy atom. The molecule has 18 heavy (non-hydrogen) atoms. The predicted octanol–water partition coefficient (Wildman–Crippen LogP) is 4.33. The minimum absolute atomic E-state index is 1.10. The topological polar surface area (TPSA) is 12.0 Å². The van der Waals surface area contributed by atoms with Crippen molar-refractivity contribution in [2.75, 3.05) is 11.9 Å². The van der Waals surface area contributed by atoms with E-state index in [1.165, 1.54) is 46.3 Å². The van der Waals surface area contributed by atoms with Crippen molar-refractivity contribution < 1.29 is 0 Å². The van der Waals surface area contributed by atoms with Gasteiger partial charge in [-0.25, -0.2) is 0 Å². The molecule has 2 aromatic rings. The Hall–Kier alpha value is -1.76. The van der Waals surface area contributed by atoms with Crippen LogP contribution in [0.4, 0.5) is 5.69 Å². The zero-order valence-electron chi connectivity index (χ0n) is 11.1. The molecule has 1 aliphatic heterocycles. The average Bonchev–Trinajstić information content (AvgIpc) is 2.41. The van der Waals surface area contributed by atoms with E-state index in [2.05, 4.69) is 55.6 Å². The lowest BCUT2D eigenvalue weighted by molar-refractivity contribution is 0.830. The molecule has 0 radical (unpaired) electrons. The fourth-order valence-electron chi connectivity index (χ4n) is 2.69. The third kappa shape index (κ3) is 1.90. The molecule has 2 aromatic carbocycles. The first-order valence-electron chi connectivity index (χ1n) is 6.69. The highest BCUT2D eigenvalue weighted by atomic mass is 14.9. The first-order chi connectivity index (χ1) is 8.75. The predicted molar refractivity (Wildman–Crippen MR) is 78.2 cm³/mol. The van der Waals surface area contributed by atoms with Crippen LogP contribution in [0.15, 0.2) is 36.4 Å². The molecule has 0 saturated carbocycles. The maximum atomic E-state index is 3.51. The SMILES string of the molecule is Cc1cccc(-c2ccc3c(c2)NCCC3)c1C. The van der Waals surface area contributed by atoms with E-state index in [0.29, 0.717) is 0 Å². The highest BCUT2D eigenvalue weighted by molar-refractivity contribution is 5.73. The molecule has 0 unspecified atom stereocenters. The molecule has 0 spiro atoms. The van der Waals surface area contributed by atoms with Gasteiger partial charge in [-0.2, -0.15) is 0 Å². The van der Waals surface area contributed by atoms with Gasteiger partial charge in [-0.05, 0) is 60.6 Å². The molecule has 92 valence electrons. The Morgan fingerprint density at radius 3 is 2.83 bits per heavy atom. The van der Waals surface area contributed by atoms with Crippen LogP contribution in [-0.2, 0) is 6.42 Å². The van der Waals surface area contributed by atoms with E-state index >= 15 is 0 Å². The Labute approximate surface area is 109 Å². The standard InChI is InChI=1S/C17H19N/c1-12-5-3-7-16(13(12)2)15-9-8-14-6-4-10-18-17(14)11-15/h3,5,7-9,11,18H,4,6,10H2,1-2H3. The second kappa shape index (κ2) is 4.49. The number of nitrogens with one attached hydrogen (secondary N) is 1. The maximum absolute atomic E-state index is 3.51. The summed E-state index contributed by atoms with van der Waals surface area (Å²) < 4.78 is 0. The van der Waals surface area contributed by atoms with Crippen LogP contribution in [0.5, 0.6) is 0 Å². The van der Waals surface area contributed by atoms with Crippen molar-refractivity contribution in [2.24, 2.45) is 0 Å². The fraction of sp³-hybridized carbons (Fsp3) is 0.294. The number of benzene rings is 2. The molecule has 0 aliphatic carbocycles. The minimum atomic E-state index is 1.10. The van der Waals surface area contributed by atoms with Gasteiger partial charge in [0.15, 0.2) is 0 Å². The second-order valence-corrected chi connectivity index (χ2v) is 5.15. The first kappa shape index (κ1) is 11.3. The van der Waals surface area contributed by atoms with Crippen LogP contribution in [0, 0.1) is 13.8 Å². The quantitative estimate of drug-likeness (QED) is 0.778. The Morgan fingerprint density at radius 2 is 1.94 bits per heavy atom. The van der Waals surface area contributed by atoms with Crippen LogP contribution >= 0.6 is 0 Å². The summed E-state index contributed by atoms with van der Waals surface area (Å²) in [6, 6.07) is 13.4. The van der Waals surface area contributed by atoms with Gasteiger partial charge in [-0.1, -0.05) is 30.3 Å². The molecule has 1 heteroatoms. The number of fused-ring (bicyclic) bond motifs is 1. The van der Waals surface area contributed by atoms with Gasteiger partial charge in [0, 0.05) is 12.2 Å². The van der Waals surface area contributed by atoms with E-state index in [1.54, 1.807) is 0 Å². The minimum Gasteiger partial charge on any atom is -0.385 e. The summed E-state index contributed by atoms with van der Waals surface area (Å²) in [6.07, 6.45) is 2.45. The lowest BCUT2D eigenvalue weighted by Crippen LogP contribution is -2.11. The van der Waals surface area contributed by atoms with Crippen molar-refractivity contribution in [3.8, 4) is 11.1 Å². The van der Waals surface area contributed by atoms with E-state index in [9.17, 15) is 0 Å². The Balaban J connectivity index is 2.09. The van der Waals surface area contributed by atoms with Gasteiger partial charge in [0.1, 0.15) is 0 Å². The maximum Gasteiger partial charge on any atom is 0.0378 e. The van der Waals surface area contributed by atoms with Crippen molar-refractivity contribution >= 4 is 5.69 Å². The third-order valence-electron chi connectivity index (χ3n) is 3.96. The molecule has 1 N–H and O–H groups in total.